The van der Waals surface area contributed by atoms with Gasteiger partial charge in [0.2, 0.25) is 5.16 Å². The van der Waals surface area contributed by atoms with Gasteiger partial charge in [-0.25, -0.2) is 14.6 Å². The SMILES string of the molecule is CC(C)(C)c1ccc(-c2nnc(SCc3nc(N)c4ccccc4n3)n2N)cc1. The summed E-state index contributed by atoms with van der Waals surface area (Å²) in [6.07, 6.45) is 0. The molecule has 148 valence electrons. The van der Waals surface area contributed by atoms with Gasteiger partial charge in [-0.3, -0.25) is 0 Å². The highest BCUT2D eigenvalue weighted by atomic mass is 32.2. The quantitative estimate of drug-likeness (QED) is 0.393. The van der Waals surface area contributed by atoms with Gasteiger partial charge in [-0.15, -0.1) is 10.2 Å². The number of para-hydroxylation sites is 1. The Labute approximate surface area is 173 Å². The fraction of sp³-hybridized carbons (Fsp3) is 0.238. The van der Waals surface area contributed by atoms with Gasteiger partial charge >= 0.3 is 0 Å². The molecule has 0 radical (unpaired) electrons. The van der Waals surface area contributed by atoms with Crippen LogP contribution in [0.2, 0.25) is 0 Å². The summed E-state index contributed by atoms with van der Waals surface area (Å²) in [7, 11) is 0. The van der Waals surface area contributed by atoms with Gasteiger partial charge in [-0.1, -0.05) is 68.9 Å². The van der Waals surface area contributed by atoms with Crippen molar-refractivity contribution in [1.82, 2.24) is 24.8 Å². The Bertz CT molecular complexity index is 1160. The van der Waals surface area contributed by atoms with E-state index in [-0.39, 0.29) is 5.41 Å². The van der Waals surface area contributed by atoms with Gasteiger partial charge in [-0.05, 0) is 23.1 Å². The summed E-state index contributed by atoms with van der Waals surface area (Å²) in [5.41, 5.74) is 9.16. The lowest BCUT2D eigenvalue weighted by molar-refractivity contribution is 0.590. The molecule has 7 nitrogen and oxygen atoms in total. The summed E-state index contributed by atoms with van der Waals surface area (Å²) in [6, 6.07) is 15.9. The molecule has 0 atom stereocenters. The monoisotopic (exact) mass is 405 g/mol. The standard InChI is InChI=1S/C21H23N7S/c1-21(2,3)14-10-8-13(9-11-14)19-26-27-20(28(19)23)29-12-17-24-16-7-5-4-6-15(16)18(22)25-17/h4-11H,12,23H2,1-3H3,(H2,22,24,25). The first-order valence-corrected chi connectivity index (χ1v) is 10.3. The number of nitrogens with two attached hydrogens (primary N) is 2. The lowest BCUT2D eigenvalue weighted by Crippen LogP contribution is -2.13. The highest BCUT2D eigenvalue weighted by molar-refractivity contribution is 7.98. The molecule has 0 saturated heterocycles. The summed E-state index contributed by atoms with van der Waals surface area (Å²) in [5, 5.41) is 9.93. The number of benzene rings is 2. The smallest absolute Gasteiger partial charge is 0.210 e. The van der Waals surface area contributed by atoms with Gasteiger partial charge in [0.25, 0.3) is 0 Å². The molecule has 0 unspecified atom stereocenters. The van der Waals surface area contributed by atoms with E-state index in [9.17, 15) is 0 Å². The van der Waals surface area contributed by atoms with Crippen LogP contribution < -0.4 is 11.6 Å². The van der Waals surface area contributed by atoms with Gasteiger partial charge in [0.05, 0.1) is 11.3 Å². The van der Waals surface area contributed by atoms with Gasteiger partial charge in [0, 0.05) is 10.9 Å². The van der Waals surface area contributed by atoms with E-state index in [4.69, 9.17) is 11.6 Å². The van der Waals surface area contributed by atoms with Crippen LogP contribution in [0.1, 0.15) is 32.2 Å². The van der Waals surface area contributed by atoms with E-state index in [1.165, 1.54) is 22.0 Å². The Kier molecular flexibility index (Phi) is 4.87. The average molecular weight is 406 g/mol. The number of hydrogen-bond acceptors (Lipinski definition) is 7. The third kappa shape index (κ3) is 3.88. The summed E-state index contributed by atoms with van der Waals surface area (Å²) in [5.74, 6) is 8.46. The molecule has 0 fully saturated rings. The Morgan fingerprint density at radius 2 is 1.69 bits per heavy atom. The first-order valence-electron chi connectivity index (χ1n) is 9.28. The van der Waals surface area contributed by atoms with Crippen molar-refractivity contribution < 1.29 is 0 Å². The van der Waals surface area contributed by atoms with Gasteiger partial charge < -0.3 is 11.6 Å². The molecular weight excluding hydrogens is 382 g/mol. The molecule has 0 amide bonds. The van der Waals surface area contributed by atoms with Crippen LogP contribution in [0.5, 0.6) is 0 Å². The zero-order valence-electron chi connectivity index (χ0n) is 16.6. The van der Waals surface area contributed by atoms with Crippen molar-refractivity contribution in [3.8, 4) is 11.4 Å². The predicted octanol–water partition coefficient (Wildman–Crippen LogP) is 3.77. The Morgan fingerprint density at radius 3 is 2.41 bits per heavy atom. The molecule has 4 N–H and O–H groups in total. The largest absolute Gasteiger partial charge is 0.383 e. The molecule has 4 aromatic rings. The number of thioether (sulfide) groups is 1. The van der Waals surface area contributed by atoms with Crippen molar-refractivity contribution in [2.24, 2.45) is 0 Å². The number of anilines is 1. The van der Waals surface area contributed by atoms with Crippen LogP contribution in [0, 0.1) is 0 Å². The second-order valence-corrected chi connectivity index (χ2v) is 8.78. The fourth-order valence-corrected chi connectivity index (χ4v) is 3.75. The number of nitrogens with zero attached hydrogens (tertiary/aromatic N) is 5. The molecule has 4 rings (SSSR count). The van der Waals surface area contributed by atoms with E-state index in [1.807, 2.05) is 36.4 Å². The molecule has 2 aromatic carbocycles. The van der Waals surface area contributed by atoms with Crippen LogP contribution in [0.3, 0.4) is 0 Å². The Hall–Kier alpha value is -3.13. The van der Waals surface area contributed by atoms with Crippen molar-refractivity contribution in [2.75, 3.05) is 11.6 Å². The maximum absolute atomic E-state index is 6.25. The molecule has 2 aromatic heterocycles. The minimum atomic E-state index is 0.0949. The highest BCUT2D eigenvalue weighted by Crippen LogP contribution is 2.27. The maximum Gasteiger partial charge on any atom is 0.210 e. The van der Waals surface area contributed by atoms with Crippen LogP contribution in [0.4, 0.5) is 5.82 Å². The van der Waals surface area contributed by atoms with E-state index in [0.29, 0.717) is 28.4 Å². The molecule has 0 aliphatic heterocycles. The molecular formula is C21H23N7S. The van der Waals surface area contributed by atoms with Crippen LogP contribution >= 0.6 is 11.8 Å². The molecule has 29 heavy (non-hydrogen) atoms. The number of nitrogen functional groups attached to an aromatic ring is 2. The third-order valence-corrected chi connectivity index (χ3v) is 5.62. The lowest BCUT2D eigenvalue weighted by Gasteiger charge is -2.19. The van der Waals surface area contributed by atoms with Crippen LogP contribution in [-0.2, 0) is 11.2 Å². The minimum absolute atomic E-state index is 0.0949. The minimum Gasteiger partial charge on any atom is -0.383 e. The average Bonchev–Trinajstić information content (AvgIpc) is 3.06. The zero-order valence-corrected chi connectivity index (χ0v) is 17.4. The number of hydrogen-bond donors (Lipinski definition) is 2. The predicted molar refractivity (Wildman–Crippen MR) is 118 cm³/mol. The van der Waals surface area contributed by atoms with Crippen LogP contribution in [0.25, 0.3) is 22.3 Å². The first kappa shape index (κ1) is 19.2. The van der Waals surface area contributed by atoms with Crippen LogP contribution in [-0.4, -0.2) is 24.8 Å². The number of fused-ring (bicyclic) bond motifs is 1. The van der Waals surface area contributed by atoms with E-state index in [2.05, 4.69) is 53.1 Å². The van der Waals surface area contributed by atoms with Crippen molar-refractivity contribution in [3.63, 3.8) is 0 Å². The van der Waals surface area contributed by atoms with E-state index < -0.39 is 0 Å². The molecule has 0 aliphatic rings. The first-order chi connectivity index (χ1) is 13.8. The van der Waals surface area contributed by atoms with Crippen LogP contribution in [0.15, 0.2) is 53.7 Å². The molecule has 0 saturated carbocycles. The van der Waals surface area contributed by atoms with E-state index >= 15 is 0 Å². The third-order valence-electron chi connectivity index (χ3n) is 4.68. The van der Waals surface area contributed by atoms with Gasteiger partial charge in [0.15, 0.2) is 5.82 Å². The highest BCUT2D eigenvalue weighted by Gasteiger charge is 2.16. The summed E-state index contributed by atoms with van der Waals surface area (Å²) in [4.78, 5) is 8.96. The second kappa shape index (κ2) is 7.36. The van der Waals surface area contributed by atoms with Crippen molar-refractivity contribution >= 4 is 28.5 Å². The zero-order chi connectivity index (χ0) is 20.6. The second-order valence-electron chi connectivity index (χ2n) is 7.83. The number of rotatable bonds is 4. The Balaban J connectivity index is 1.54. The van der Waals surface area contributed by atoms with Crippen molar-refractivity contribution in [3.05, 3.63) is 59.9 Å². The molecule has 8 heteroatoms. The Morgan fingerprint density at radius 1 is 0.966 bits per heavy atom. The fourth-order valence-electron chi connectivity index (χ4n) is 3.04. The molecule has 2 heterocycles. The van der Waals surface area contributed by atoms with Gasteiger partial charge in [-0.2, -0.15) is 0 Å². The summed E-state index contributed by atoms with van der Waals surface area (Å²) < 4.78 is 1.50. The van der Waals surface area contributed by atoms with Crippen molar-refractivity contribution in [2.45, 2.75) is 37.1 Å². The van der Waals surface area contributed by atoms with Gasteiger partial charge in [0.1, 0.15) is 11.6 Å². The molecule has 0 spiro atoms. The summed E-state index contributed by atoms with van der Waals surface area (Å²) in [6.45, 7) is 6.55. The topological polar surface area (TPSA) is 109 Å². The number of aromatic nitrogens is 5. The maximum atomic E-state index is 6.25. The lowest BCUT2D eigenvalue weighted by atomic mass is 9.87. The van der Waals surface area contributed by atoms with E-state index in [0.717, 1.165) is 16.5 Å². The van der Waals surface area contributed by atoms with Crippen molar-refractivity contribution in [1.29, 1.82) is 0 Å². The van der Waals surface area contributed by atoms with E-state index in [1.54, 1.807) is 0 Å². The summed E-state index contributed by atoms with van der Waals surface area (Å²) >= 11 is 1.42. The molecule has 0 bridgehead atoms. The molecule has 0 aliphatic carbocycles. The normalized spacial score (nSPS) is 11.8.